The predicted octanol–water partition coefficient (Wildman–Crippen LogP) is 5.62. The van der Waals surface area contributed by atoms with Crippen molar-refractivity contribution in [1.29, 1.82) is 0 Å². The van der Waals surface area contributed by atoms with Gasteiger partial charge in [0.05, 0.1) is 24.3 Å². The molecule has 1 heterocycles. The number of ether oxygens (including phenoxy) is 2. The maximum Gasteiger partial charge on any atom is 0.341 e. The summed E-state index contributed by atoms with van der Waals surface area (Å²) in [5, 5.41) is 3.52. The van der Waals surface area contributed by atoms with Gasteiger partial charge in [-0.25, -0.2) is 4.79 Å². The Balaban J connectivity index is 1.75. The molecule has 0 fully saturated rings. The quantitative estimate of drug-likeness (QED) is 0.404. The van der Waals surface area contributed by atoms with Gasteiger partial charge in [0.2, 0.25) is 0 Å². The van der Waals surface area contributed by atoms with Crippen LogP contribution in [0.5, 0.6) is 5.75 Å². The molecule has 1 aromatic heterocycles. The molecule has 6 heteroatoms. The third kappa shape index (κ3) is 5.18. The summed E-state index contributed by atoms with van der Waals surface area (Å²) in [6, 6.07) is 7.25. The standard InChI is InChI=1S/C23H29NO4S/c1-3-5-6-9-15-28-18-13-8-7-11-16(18)21(25)24-22-20(23(26)27-4-2)17-12-10-14-19(17)29-22/h7-8,11,13H,3-6,9-10,12,14-15H2,1-2H3,(H,24,25). The average Bonchev–Trinajstić information content (AvgIpc) is 3.29. The van der Waals surface area contributed by atoms with E-state index in [4.69, 9.17) is 9.47 Å². The summed E-state index contributed by atoms with van der Waals surface area (Å²) in [6.07, 6.45) is 7.28. The van der Waals surface area contributed by atoms with Crippen LogP contribution < -0.4 is 10.1 Å². The fraction of sp³-hybridized carbons (Fsp3) is 0.478. The van der Waals surface area contributed by atoms with Crippen LogP contribution in [0, 0.1) is 0 Å². The molecule has 29 heavy (non-hydrogen) atoms. The van der Waals surface area contributed by atoms with Gasteiger partial charge in [-0.15, -0.1) is 11.3 Å². The molecule has 5 nitrogen and oxygen atoms in total. The number of anilines is 1. The molecule has 0 saturated heterocycles. The number of benzene rings is 1. The predicted molar refractivity (Wildman–Crippen MR) is 116 cm³/mol. The first kappa shape index (κ1) is 21.4. The van der Waals surface area contributed by atoms with E-state index in [0.29, 0.717) is 35.1 Å². The zero-order valence-electron chi connectivity index (χ0n) is 17.2. The SMILES string of the molecule is CCCCCCOc1ccccc1C(=O)Nc1sc2c(c1C(=O)OCC)CCC2. The molecule has 1 aromatic carbocycles. The van der Waals surface area contributed by atoms with E-state index in [9.17, 15) is 9.59 Å². The minimum absolute atomic E-state index is 0.264. The van der Waals surface area contributed by atoms with E-state index in [1.165, 1.54) is 29.1 Å². The van der Waals surface area contributed by atoms with Crippen LogP contribution in [0.2, 0.25) is 0 Å². The topological polar surface area (TPSA) is 64.6 Å². The third-order valence-corrected chi connectivity index (χ3v) is 6.22. The van der Waals surface area contributed by atoms with Crippen molar-refractivity contribution >= 4 is 28.2 Å². The van der Waals surface area contributed by atoms with Gasteiger partial charge in [-0.05, 0) is 50.3 Å². The highest BCUT2D eigenvalue weighted by molar-refractivity contribution is 7.17. The summed E-state index contributed by atoms with van der Waals surface area (Å²) in [5.41, 5.74) is 2.03. The Morgan fingerprint density at radius 1 is 1.10 bits per heavy atom. The van der Waals surface area contributed by atoms with E-state index < -0.39 is 0 Å². The first-order valence-electron chi connectivity index (χ1n) is 10.5. The van der Waals surface area contributed by atoms with Crippen molar-refractivity contribution in [1.82, 2.24) is 0 Å². The summed E-state index contributed by atoms with van der Waals surface area (Å²) in [5.74, 6) is -0.0504. The molecule has 0 radical (unpaired) electrons. The lowest BCUT2D eigenvalue weighted by atomic mass is 10.1. The second kappa shape index (κ2) is 10.4. The van der Waals surface area contributed by atoms with Crippen molar-refractivity contribution in [2.24, 2.45) is 0 Å². The van der Waals surface area contributed by atoms with Crippen molar-refractivity contribution in [2.75, 3.05) is 18.5 Å². The molecule has 1 aliphatic rings. The van der Waals surface area contributed by atoms with Gasteiger partial charge in [0, 0.05) is 4.88 Å². The number of esters is 1. The van der Waals surface area contributed by atoms with E-state index in [1.54, 1.807) is 13.0 Å². The number of thiophene rings is 1. The summed E-state index contributed by atoms with van der Waals surface area (Å²) < 4.78 is 11.1. The molecule has 0 atom stereocenters. The molecule has 2 aromatic rings. The van der Waals surface area contributed by atoms with Crippen molar-refractivity contribution in [3.63, 3.8) is 0 Å². The lowest BCUT2D eigenvalue weighted by Crippen LogP contribution is -2.16. The summed E-state index contributed by atoms with van der Waals surface area (Å²) in [6.45, 7) is 4.86. The Morgan fingerprint density at radius 2 is 1.93 bits per heavy atom. The monoisotopic (exact) mass is 415 g/mol. The lowest BCUT2D eigenvalue weighted by molar-refractivity contribution is 0.0527. The van der Waals surface area contributed by atoms with Gasteiger partial charge in [-0.2, -0.15) is 0 Å². The Labute approximate surface area is 176 Å². The van der Waals surface area contributed by atoms with Crippen LogP contribution in [0.15, 0.2) is 24.3 Å². The molecule has 0 saturated carbocycles. The number of aryl methyl sites for hydroxylation is 1. The van der Waals surface area contributed by atoms with Gasteiger partial charge in [0.15, 0.2) is 0 Å². The van der Waals surface area contributed by atoms with Crippen LogP contribution in [-0.2, 0) is 17.6 Å². The second-order valence-corrected chi connectivity index (χ2v) is 8.25. The zero-order valence-corrected chi connectivity index (χ0v) is 18.0. The van der Waals surface area contributed by atoms with Gasteiger partial charge in [-0.3, -0.25) is 4.79 Å². The third-order valence-electron chi connectivity index (χ3n) is 5.02. The van der Waals surface area contributed by atoms with Gasteiger partial charge in [0.25, 0.3) is 5.91 Å². The summed E-state index contributed by atoms with van der Waals surface area (Å²) in [7, 11) is 0. The highest BCUT2D eigenvalue weighted by Crippen LogP contribution is 2.40. The Kier molecular flexibility index (Phi) is 7.69. The van der Waals surface area contributed by atoms with Gasteiger partial charge >= 0.3 is 5.97 Å². The normalized spacial score (nSPS) is 12.5. The summed E-state index contributed by atoms with van der Waals surface area (Å²) in [4.78, 5) is 26.7. The molecule has 0 unspecified atom stereocenters. The first-order valence-corrected chi connectivity index (χ1v) is 11.3. The molecular formula is C23H29NO4S. The van der Waals surface area contributed by atoms with E-state index in [0.717, 1.165) is 37.7 Å². The highest BCUT2D eigenvalue weighted by atomic mass is 32.1. The molecule has 1 aliphatic carbocycles. The van der Waals surface area contributed by atoms with E-state index in [2.05, 4.69) is 12.2 Å². The van der Waals surface area contributed by atoms with Crippen LogP contribution in [0.4, 0.5) is 5.00 Å². The number of fused-ring (bicyclic) bond motifs is 1. The molecular weight excluding hydrogens is 386 g/mol. The maximum absolute atomic E-state index is 13.0. The average molecular weight is 416 g/mol. The van der Waals surface area contributed by atoms with Crippen LogP contribution in [-0.4, -0.2) is 25.1 Å². The van der Waals surface area contributed by atoms with Gasteiger partial charge < -0.3 is 14.8 Å². The van der Waals surface area contributed by atoms with Crippen molar-refractivity contribution in [2.45, 2.75) is 58.8 Å². The van der Waals surface area contributed by atoms with Crippen LogP contribution in [0.1, 0.15) is 77.1 Å². The van der Waals surface area contributed by atoms with E-state index >= 15 is 0 Å². The van der Waals surface area contributed by atoms with Crippen LogP contribution in [0.3, 0.4) is 0 Å². The number of para-hydroxylation sites is 1. The molecule has 1 amide bonds. The first-order chi connectivity index (χ1) is 14.2. The van der Waals surface area contributed by atoms with Crippen LogP contribution >= 0.6 is 11.3 Å². The van der Waals surface area contributed by atoms with Gasteiger partial charge in [0.1, 0.15) is 10.8 Å². The summed E-state index contributed by atoms with van der Waals surface area (Å²) >= 11 is 1.49. The smallest absolute Gasteiger partial charge is 0.341 e. The Bertz CT molecular complexity index is 859. The largest absolute Gasteiger partial charge is 0.493 e. The minimum atomic E-state index is -0.359. The number of hydrogen-bond donors (Lipinski definition) is 1. The van der Waals surface area contributed by atoms with Crippen molar-refractivity contribution < 1.29 is 19.1 Å². The molecule has 156 valence electrons. The Hall–Kier alpha value is -2.34. The van der Waals surface area contributed by atoms with E-state index in [1.807, 2.05) is 18.2 Å². The minimum Gasteiger partial charge on any atom is -0.493 e. The second-order valence-electron chi connectivity index (χ2n) is 7.14. The number of unbranched alkanes of at least 4 members (excludes halogenated alkanes) is 3. The fourth-order valence-electron chi connectivity index (χ4n) is 3.57. The molecule has 0 spiro atoms. The molecule has 0 bridgehead atoms. The lowest BCUT2D eigenvalue weighted by Gasteiger charge is -2.12. The number of amides is 1. The molecule has 1 N–H and O–H groups in total. The highest BCUT2D eigenvalue weighted by Gasteiger charge is 2.28. The molecule has 0 aliphatic heterocycles. The molecule has 3 rings (SSSR count). The number of carbonyl (C=O) groups is 2. The van der Waals surface area contributed by atoms with E-state index in [-0.39, 0.29) is 11.9 Å². The number of carbonyl (C=O) groups excluding carboxylic acids is 2. The van der Waals surface area contributed by atoms with Crippen LogP contribution in [0.25, 0.3) is 0 Å². The maximum atomic E-state index is 13.0. The van der Waals surface area contributed by atoms with Gasteiger partial charge in [-0.1, -0.05) is 38.3 Å². The fourth-order valence-corrected chi connectivity index (χ4v) is 4.85. The zero-order chi connectivity index (χ0) is 20.6. The van der Waals surface area contributed by atoms with Crippen molar-refractivity contribution in [3.8, 4) is 5.75 Å². The van der Waals surface area contributed by atoms with Crippen molar-refractivity contribution in [3.05, 3.63) is 45.8 Å². The number of nitrogens with one attached hydrogen (secondary N) is 1. The number of hydrogen-bond acceptors (Lipinski definition) is 5. The number of rotatable bonds is 10. The Morgan fingerprint density at radius 3 is 2.72 bits per heavy atom.